The Hall–Kier alpha value is -0.670. The molecule has 2 heterocycles. The highest BCUT2D eigenvalue weighted by Crippen LogP contribution is 2.33. The van der Waals surface area contributed by atoms with Crippen LogP contribution in [-0.4, -0.2) is 25.1 Å². The van der Waals surface area contributed by atoms with Crippen LogP contribution in [0.15, 0.2) is 6.07 Å². The van der Waals surface area contributed by atoms with E-state index in [2.05, 4.69) is 22.1 Å². The molecule has 0 bridgehead atoms. The molecule has 3 nitrogen and oxygen atoms in total. The SMILES string of the molecule is CCC1CCN(c2nc(NC)c(Cl)cc2Cl)CC1. The van der Waals surface area contributed by atoms with Gasteiger partial charge in [0.2, 0.25) is 0 Å². The lowest BCUT2D eigenvalue weighted by molar-refractivity contribution is 0.394. The van der Waals surface area contributed by atoms with E-state index in [1.54, 1.807) is 6.07 Å². The van der Waals surface area contributed by atoms with E-state index in [0.717, 1.165) is 24.8 Å². The second-order valence-electron chi connectivity index (χ2n) is 4.71. The number of hydrogen-bond acceptors (Lipinski definition) is 3. The highest BCUT2D eigenvalue weighted by molar-refractivity contribution is 6.37. The molecule has 1 aromatic rings. The second kappa shape index (κ2) is 5.98. The number of nitrogens with one attached hydrogen (secondary N) is 1. The lowest BCUT2D eigenvalue weighted by Crippen LogP contribution is -2.34. The normalized spacial score (nSPS) is 17.0. The molecule has 100 valence electrons. The minimum absolute atomic E-state index is 0.565. The van der Waals surface area contributed by atoms with Gasteiger partial charge in [-0.05, 0) is 24.8 Å². The number of anilines is 2. The molecule has 0 spiro atoms. The lowest BCUT2D eigenvalue weighted by atomic mass is 9.94. The monoisotopic (exact) mass is 287 g/mol. The van der Waals surface area contributed by atoms with Gasteiger partial charge in [0.1, 0.15) is 11.6 Å². The number of piperidine rings is 1. The van der Waals surface area contributed by atoms with E-state index < -0.39 is 0 Å². The summed E-state index contributed by atoms with van der Waals surface area (Å²) in [4.78, 5) is 6.77. The molecule has 1 fully saturated rings. The van der Waals surface area contributed by atoms with Gasteiger partial charge in [-0.2, -0.15) is 0 Å². The van der Waals surface area contributed by atoms with E-state index in [4.69, 9.17) is 23.2 Å². The van der Waals surface area contributed by atoms with Crippen LogP contribution >= 0.6 is 23.2 Å². The molecule has 0 aliphatic carbocycles. The fraction of sp³-hybridized carbons (Fsp3) is 0.615. The van der Waals surface area contributed by atoms with Crippen LogP contribution in [0.5, 0.6) is 0 Å². The predicted octanol–water partition coefficient (Wildman–Crippen LogP) is 4.06. The van der Waals surface area contributed by atoms with Crippen LogP contribution in [0.1, 0.15) is 26.2 Å². The Bertz CT molecular complexity index is 415. The standard InChI is InChI=1S/C13H19Cl2N3/c1-3-9-4-6-18(7-5-9)13-11(15)8-10(14)12(16-2)17-13/h8-9H,3-7H2,1-2H3,(H,16,17). The van der Waals surface area contributed by atoms with Crippen molar-refractivity contribution in [3.63, 3.8) is 0 Å². The Kier molecular flexibility index (Phi) is 4.57. The van der Waals surface area contributed by atoms with E-state index in [1.165, 1.54) is 19.3 Å². The first-order valence-electron chi connectivity index (χ1n) is 6.44. The summed E-state index contributed by atoms with van der Waals surface area (Å²) in [6, 6.07) is 1.77. The van der Waals surface area contributed by atoms with Gasteiger partial charge in [-0.15, -0.1) is 0 Å². The Morgan fingerprint density at radius 1 is 1.33 bits per heavy atom. The topological polar surface area (TPSA) is 28.2 Å². The van der Waals surface area contributed by atoms with Crippen molar-refractivity contribution in [2.24, 2.45) is 5.92 Å². The van der Waals surface area contributed by atoms with Gasteiger partial charge >= 0.3 is 0 Å². The highest BCUT2D eigenvalue weighted by atomic mass is 35.5. The number of halogens is 2. The van der Waals surface area contributed by atoms with Crippen molar-refractivity contribution in [1.29, 1.82) is 0 Å². The van der Waals surface area contributed by atoms with Gasteiger partial charge in [-0.3, -0.25) is 0 Å². The molecular formula is C13H19Cl2N3. The van der Waals surface area contributed by atoms with Gasteiger partial charge in [-0.1, -0.05) is 36.5 Å². The summed E-state index contributed by atoms with van der Waals surface area (Å²) >= 11 is 12.3. The maximum Gasteiger partial charge on any atom is 0.149 e. The zero-order valence-electron chi connectivity index (χ0n) is 10.8. The first kappa shape index (κ1) is 13.8. The molecule has 1 aliphatic heterocycles. The number of rotatable bonds is 3. The van der Waals surface area contributed by atoms with Crippen LogP contribution < -0.4 is 10.2 Å². The first-order chi connectivity index (χ1) is 8.65. The van der Waals surface area contributed by atoms with Gasteiger partial charge < -0.3 is 10.2 Å². The predicted molar refractivity (Wildman–Crippen MR) is 79.0 cm³/mol. The van der Waals surface area contributed by atoms with Gasteiger partial charge in [0.25, 0.3) is 0 Å². The summed E-state index contributed by atoms with van der Waals surface area (Å²) in [6.07, 6.45) is 3.69. The van der Waals surface area contributed by atoms with E-state index in [-0.39, 0.29) is 0 Å². The minimum Gasteiger partial charge on any atom is -0.372 e. The van der Waals surface area contributed by atoms with E-state index in [1.807, 2.05) is 7.05 Å². The molecule has 0 aromatic carbocycles. The van der Waals surface area contributed by atoms with Crippen LogP contribution in [0.3, 0.4) is 0 Å². The van der Waals surface area contributed by atoms with Gasteiger partial charge in [0.15, 0.2) is 0 Å². The van der Waals surface area contributed by atoms with E-state index >= 15 is 0 Å². The summed E-state index contributed by atoms with van der Waals surface area (Å²) in [6.45, 7) is 4.30. The van der Waals surface area contributed by atoms with Gasteiger partial charge in [0.05, 0.1) is 10.0 Å². The summed E-state index contributed by atoms with van der Waals surface area (Å²) in [5, 5.41) is 4.19. The molecule has 2 rings (SSSR count). The van der Waals surface area contributed by atoms with Crippen molar-refractivity contribution < 1.29 is 0 Å². The molecule has 1 N–H and O–H groups in total. The Morgan fingerprint density at radius 3 is 2.56 bits per heavy atom. The molecule has 0 saturated carbocycles. The smallest absolute Gasteiger partial charge is 0.149 e. The molecule has 1 aromatic heterocycles. The van der Waals surface area contributed by atoms with E-state index in [9.17, 15) is 0 Å². The number of pyridine rings is 1. The van der Waals surface area contributed by atoms with Crippen LogP contribution in [0.2, 0.25) is 10.0 Å². The third kappa shape index (κ3) is 2.83. The summed E-state index contributed by atoms with van der Waals surface area (Å²) in [7, 11) is 1.81. The molecule has 18 heavy (non-hydrogen) atoms. The van der Waals surface area contributed by atoms with Crippen molar-refractivity contribution in [1.82, 2.24) is 4.98 Å². The van der Waals surface area contributed by atoms with Crippen molar-refractivity contribution in [2.45, 2.75) is 26.2 Å². The number of aromatic nitrogens is 1. The van der Waals surface area contributed by atoms with Crippen molar-refractivity contribution in [3.8, 4) is 0 Å². The fourth-order valence-electron chi connectivity index (χ4n) is 2.41. The van der Waals surface area contributed by atoms with Crippen LogP contribution in [0.25, 0.3) is 0 Å². The highest BCUT2D eigenvalue weighted by Gasteiger charge is 2.21. The molecule has 0 amide bonds. The zero-order valence-corrected chi connectivity index (χ0v) is 12.4. The average molecular weight is 288 g/mol. The average Bonchev–Trinajstić information content (AvgIpc) is 2.39. The molecule has 1 saturated heterocycles. The quantitative estimate of drug-likeness (QED) is 0.909. The number of hydrogen-bond donors (Lipinski definition) is 1. The first-order valence-corrected chi connectivity index (χ1v) is 7.20. The Morgan fingerprint density at radius 2 is 2.00 bits per heavy atom. The summed E-state index contributed by atoms with van der Waals surface area (Å²) in [5.74, 6) is 2.38. The molecular weight excluding hydrogens is 269 g/mol. The van der Waals surface area contributed by atoms with E-state index in [0.29, 0.717) is 15.9 Å². The van der Waals surface area contributed by atoms with Gasteiger partial charge in [0, 0.05) is 20.1 Å². The third-order valence-electron chi connectivity index (χ3n) is 3.64. The summed E-state index contributed by atoms with van der Waals surface area (Å²) in [5.41, 5.74) is 0. The maximum atomic E-state index is 6.25. The molecule has 0 radical (unpaired) electrons. The zero-order chi connectivity index (χ0) is 13.1. The summed E-state index contributed by atoms with van der Waals surface area (Å²) < 4.78 is 0. The number of nitrogens with zero attached hydrogens (tertiary/aromatic N) is 2. The Balaban J connectivity index is 2.18. The van der Waals surface area contributed by atoms with Crippen molar-refractivity contribution in [3.05, 3.63) is 16.1 Å². The van der Waals surface area contributed by atoms with Crippen LogP contribution in [0, 0.1) is 5.92 Å². The second-order valence-corrected chi connectivity index (χ2v) is 5.53. The minimum atomic E-state index is 0.565. The van der Waals surface area contributed by atoms with Gasteiger partial charge in [-0.25, -0.2) is 4.98 Å². The molecule has 5 heteroatoms. The fourth-order valence-corrected chi connectivity index (χ4v) is 2.98. The lowest BCUT2D eigenvalue weighted by Gasteiger charge is -2.33. The Labute approximate surface area is 118 Å². The van der Waals surface area contributed by atoms with Crippen LogP contribution in [-0.2, 0) is 0 Å². The van der Waals surface area contributed by atoms with Crippen molar-refractivity contribution in [2.75, 3.05) is 30.4 Å². The third-order valence-corrected chi connectivity index (χ3v) is 4.21. The largest absolute Gasteiger partial charge is 0.372 e. The maximum absolute atomic E-state index is 6.25. The molecule has 1 aliphatic rings. The van der Waals surface area contributed by atoms with Crippen molar-refractivity contribution >= 4 is 34.8 Å². The molecule has 0 unspecified atom stereocenters. The van der Waals surface area contributed by atoms with Crippen LogP contribution in [0.4, 0.5) is 11.6 Å². The molecule has 0 atom stereocenters.